The first kappa shape index (κ1) is 56.9. The summed E-state index contributed by atoms with van der Waals surface area (Å²) in [6.07, 6.45) is 53.5. The van der Waals surface area contributed by atoms with Crippen molar-refractivity contribution >= 4 is 11.9 Å². The van der Waals surface area contributed by atoms with Gasteiger partial charge in [-0.05, 0) is 25.7 Å². The highest BCUT2D eigenvalue weighted by molar-refractivity contribution is 5.76. The number of aliphatic hydroxyl groups excluding tert-OH is 2. The molecule has 0 rings (SSSR count). The van der Waals surface area contributed by atoms with Gasteiger partial charge in [0.2, 0.25) is 5.91 Å². The van der Waals surface area contributed by atoms with Crippen LogP contribution in [0.1, 0.15) is 296 Å². The maximum absolute atomic E-state index is 12.5. The van der Waals surface area contributed by atoms with Crippen LogP contribution < -0.4 is 5.32 Å². The minimum atomic E-state index is -0.673. The van der Waals surface area contributed by atoms with E-state index in [9.17, 15) is 19.8 Å². The topological polar surface area (TPSA) is 95.9 Å². The third-order valence-electron chi connectivity index (χ3n) is 12.4. The van der Waals surface area contributed by atoms with Crippen molar-refractivity contribution < 1.29 is 24.5 Å². The SMILES string of the molecule is CCCCCCCCCCCCCCCCCCCCC(O)C(CO)NC(=O)CCCCCCCCCCCCCCOC(=O)CCCCCCCCCCCCC. The summed E-state index contributed by atoms with van der Waals surface area (Å²) < 4.78 is 5.44. The predicted molar refractivity (Wildman–Crippen MR) is 250 cm³/mol. The van der Waals surface area contributed by atoms with E-state index in [2.05, 4.69) is 19.2 Å². The lowest BCUT2D eigenvalue weighted by Crippen LogP contribution is -2.45. The van der Waals surface area contributed by atoms with Gasteiger partial charge in [0.1, 0.15) is 0 Å². The van der Waals surface area contributed by atoms with E-state index in [-0.39, 0.29) is 18.5 Å². The highest BCUT2D eigenvalue weighted by Gasteiger charge is 2.20. The molecule has 6 heteroatoms. The Labute approximate surface area is 362 Å². The second-order valence-electron chi connectivity index (χ2n) is 18.2. The second kappa shape index (κ2) is 48.5. The van der Waals surface area contributed by atoms with Crippen LogP contribution in [0.25, 0.3) is 0 Å². The molecule has 0 fully saturated rings. The molecular weight excluding hydrogens is 719 g/mol. The highest BCUT2D eigenvalue weighted by Crippen LogP contribution is 2.17. The van der Waals surface area contributed by atoms with Crippen LogP contribution in [0.15, 0.2) is 0 Å². The Balaban J connectivity index is 3.46. The van der Waals surface area contributed by atoms with E-state index >= 15 is 0 Å². The Bertz CT molecular complexity index is 822. The van der Waals surface area contributed by atoms with Gasteiger partial charge < -0.3 is 20.3 Å². The average Bonchev–Trinajstić information content (AvgIpc) is 3.22. The zero-order chi connectivity index (χ0) is 42.3. The Morgan fingerprint density at radius 3 is 1.05 bits per heavy atom. The molecule has 0 saturated heterocycles. The van der Waals surface area contributed by atoms with Crippen LogP contribution in [0.4, 0.5) is 0 Å². The summed E-state index contributed by atoms with van der Waals surface area (Å²) in [6, 6.07) is -0.551. The van der Waals surface area contributed by atoms with Gasteiger partial charge in [0.15, 0.2) is 0 Å². The van der Waals surface area contributed by atoms with Gasteiger partial charge in [0, 0.05) is 12.8 Å². The molecule has 58 heavy (non-hydrogen) atoms. The number of ether oxygens (including phenoxy) is 1. The maximum atomic E-state index is 12.5. The molecule has 0 spiro atoms. The Morgan fingerprint density at radius 2 is 0.707 bits per heavy atom. The van der Waals surface area contributed by atoms with Crippen LogP contribution in [-0.4, -0.2) is 47.4 Å². The molecule has 1 amide bonds. The minimum absolute atomic E-state index is 0.00864. The molecule has 0 saturated carbocycles. The number of carbonyl (C=O) groups is 2. The maximum Gasteiger partial charge on any atom is 0.305 e. The molecule has 346 valence electrons. The normalized spacial score (nSPS) is 12.6. The second-order valence-corrected chi connectivity index (χ2v) is 18.2. The Kier molecular flexibility index (Phi) is 47.6. The fraction of sp³-hybridized carbons (Fsp3) is 0.962. The molecule has 0 heterocycles. The van der Waals surface area contributed by atoms with Crippen LogP contribution >= 0.6 is 0 Å². The first-order valence-electron chi connectivity index (χ1n) is 26.3. The fourth-order valence-corrected chi connectivity index (χ4v) is 8.35. The molecule has 0 aromatic heterocycles. The largest absolute Gasteiger partial charge is 0.466 e. The molecule has 0 aliphatic rings. The van der Waals surface area contributed by atoms with Crippen molar-refractivity contribution in [3.8, 4) is 0 Å². The van der Waals surface area contributed by atoms with Gasteiger partial charge in [-0.15, -0.1) is 0 Å². The van der Waals surface area contributed by atoms with Gasteiger partial charge in [-0.3, -0.25) is 9.59 Å². The number of unbranched alkanes of at least 4 members (excludes halogenated alkanes) is 38. The first-order chi connectivity index (χ1) is 28.5. The minimum Gasteiger partial charge on any atom is -0.466 e. The lowest BCUT2D eigenvalue weighted by atomic mass is 10.0. The number of amides is 1. The first-order valence-corrected chi connectivity index (χ1v) is 26.3. The van der Waals surface area contributed by atoms with Gasteiger partial charge >= 0.3 is 5.97 Å². The molecule has 2 unspecified atom stereocenters. The Morgan fingerprint density at radius 1 is 0.414 bits per heavy atom. The third kappa shape index (κ3) is 44.4. The van der Waals surface area contributed by atoms with Gasteiger partial charge in [0.25, 0.3) is 0 Å². The summed E-state index contributed by atoms with van der Waals surface area (Å²) in [5.41, 5.74) is 0. The number of carbonyl (C=O) groups excluding carboxylic acids is 2. The number of hydrogen-bond acceptors (Lipinski definition) is 5. The molecule has 0 aromatic rings. The van der Waals surface area contributed by atoms with Crippen LogP contribution in [0.2, 0.25) is 0 Å². The molecule has 0 bridgehead atoms. The standard InChI is InChI=1S/C52H103NO5/c1-3-5-7-9-11-13-15-16-17-18-19-20-21-25-28-32-36-40-44-50(55)49(48-54)53-51(56)45-41-37-33-29-26-22-23-27-31-35-39-43-47-58-52(57)46-42-38-34-30-24-14-12-10-8-6-4-2/h49-50,54-55H,3-48H2,1-2H3,(H,53,56). The van der Waals surface area contributed by atoms with Crippen molar-refractivity contribution in [2.24, 2.45) is 0 Å². The number of hydrogen-bond donors (Lipinski definition) is 3. The predicted octanol–water partition coefficient (Wildman–Crippen LogP) is 15.6. The highest BCUT2D eigenvalue weighted by atomic mass is 16.5. The quantitative estimate of drug-likeness (QED) is 0.0420. The van der Waals surface area contributed by atoms with Crippen LogP contribution in [-0.2, 0) is 14.3 Å². The lowest BCUT2D eigenvalue weighted by Gasteiger charge is -2.22. The van der Waals surface area contributed by atoms with E-state index in [1.54, 1.807) is 0 Å². The summed E-state index contributed by atoms with van der Waals surface area (Å²) in [5, 5.41) is 23.3. The lowest BCUT2D eigenvalue weighted by molar-refractivity contribution is -0.143. The van der Waals surface area contributed by atoms with E-state index < -0.39 is 12.1 Å². The molecular formula is C52H103NO5. The molecule has 6 nitrogen and oxygen atoms in total. The van der Waals surface area contributed by atoms with E-state index in [1.807, 2.05) is 0 Å². The van der Waals surface area contributed by atoms with Crippen molar-refractivity contribution in [1.29, 1.82) is 0 Å². The van der Waals surface area contributed by atoms with E-state index in [1.165, 1.54) is 205 Å². The molecule has 3 N–H and O–H groups in total. The fourth-order valence-electron chi connectivity index (χ4n) is 8.35. The summed E-state index contributed by atoms with van der Waals surface area (Å²) >= 11 is 0. The van der Waals surface area contributed by atoms with E-state index in [0.717, 1.165) is 57.8 Å². The Hall–Kier alpha value is -1.14. The number of aliphatic hydroxyl groups is 2. The average molecular weight is 822 g/mol. The van der Waals surface area contributed by atoms with Crippen molar-refractivity contribution in [2.75, 3.05) is 13.2 Å². The molecule has 2 atom stereocenters. The molecule has 0 aliphatic carbocycles. The smallest absolute Gasteiger partial charge is 0.305 e. The van der Waals surface area contributed by atoms with Crippen molar-refractivity contribution in [3.63, 3.8) is 0 Å². The summed E-state index contributed by atoms with van der Waals surface area (Å²) in [6.45, 7) is 4.93. The monoisotopic (exact) mass is 822 g/mol. The van der Waals surface area contributed by atoms with Crippen molar-refractivity contribution in [1.82, 2.24) is 5.32 Å². The number of esters is 1. The number of nitrogens with one attached hydrogen (secondary N) is 1. The van der Waals surface area contributed by atoms with Gasteiger partial charge in [-0.1, -0.05) is 258 Å². The van der Waals surface area contributed by atoms with E-state index in [4.69, 9.17) is 4.74 Å². The summed E-state index contributed by atoms with van der Waals surface area (Å²) in [7, 11) is 0. The van der Waals surface area contributed by atoms with Gasteiger partial charge in [0.05, 0.1) is 25.4 Å². The van der Waals surface area contributed by atoms with Crippen molar-refractivity contribution in [3.05, 3.63) is 0 Å². The van der Waals surface area contributed by atoms with Gasteiger partial charge in [-0.25, -0.2) is 0 Å². The third-order valence-corrected chi connectivity index (χ3v) is 12.4. The van der Waals surface area contributed by atoms with Crippen LogP contribution in [0, 0.1) is 0 Å². The molecule has 0 aliphatic heterocycles. The zero-order valence-corrected chi connectivity index (χ0v) is 39.3. The van der Waals surface area contributed by atoms with Gasteiger partial charge in [-0.2, -0.15) is 0 Å². The molecule has 0 radical (unpaired) electrons. The van der Waals surface area contributed by atoms with Crippen LogP contribution in [0.3, 0.4) is 0 Å². The molecule has 0 aromatic carbocycles. The zero-order valence-electron chi connectivity index (χ0n) is 39.3. The summed E-state index contributed by atoms with van der Waals surface area (Å²) in [4.78, 5) is 24.4. The van der Waals surface area contributed by atoms with Crippen molar-refractivity contribution in [2.45, 2.75) is 309 Å². The van der Waals surface area contributed by atoms with Crippen LogP contribution in [0.5, 0.6) is 0 Å². The van der Waals surface area contributed by atoms with E-state index in [0.29, 0.717) is 25.9 Å². The number of rotatable bonds is 49. The summed E-state index contributed by atoms with van der Waals surface area (Å²) in [5.74, 6) is -0.0562.